The molecule has 2 aliphatic rings. The van der Waals surface area contributed by atoms with E-state index in [0.29, 0.717) is 41.5 Å². The predicted octanol–water partition coefficient (Wildman–Crippen LogP) is 3.03. The summed E-state index contributed by atoms with van der Waals surface area (Å²) in [7, 11) is 2.81. The second-order valence-electron chi connectivity index (χ2n) is 10.9. The Morgan fingerprint density at radius 1 is 0.978 bits per heavy atom. The maximum Gasteiger partial charge on any atom is 0.336 e. The van der Waals surface area contributed by atoms with Gasteiger partial charge < -0.3 is 29.4 Å². The van der Waals surface area contributed by atoms with Crippen molar-refractivity contribution in [3.8, 4) is 11.5 Å². The van der Waals surface area contributed by atoms with Crippen LogP contribution < -0.4 is 14.8 Å². The van der Waals surface area contributed by atoms with E-state index in [0.717, 1.165) is 26.2 Å². The average molecular weight is 661 g/mol. The van der Waals surface area contributed by atoms with Crippen molar-refractivity contribution in [3.05, 3.63) is 86.7 Å². The minimum Gasteiger partial charge on any atom is -0.493 e. The first-order chi connectivity index (χ1) is 21.6. The van der Waals surface area contributed by atoms with E-state index in [1.165, 1.54) is 25.3 Å². The second-order valence-corrected chi connectivity index (χ2v) is 10.9. The molecule has 2 aromatic carbocycles. The number of carbonyl (C=O) groups is 2. The SMILES string of the molecule is COC(=O)C1=C(C)NC(C)=C(C(=O)OCCN2CCN(CC(O)COc3ccccc3OC)CC2)C1c1cccc([N+](=O)[O-])c1.Cl. The van der Waals surface area contributed by atoms with E-state index in [1.807, 2.05) is 12.1 Å². The van der Waals surface area contributed by atoms with E-state index in [4.69, 9.17) is 18.9 Å². The van der Waals surface area contributed by atoms with Gasteiger partial charge in [0.1, 0.15) is 19.3 Å². The lowest BCUT2D eigenvalue weighted by Crippen LogP contribution is -2.49. The molecule has 46 heavy (non-hydrogen) atoms. The van der Waals surface area contributed by atoms with Crippen molar-refractivity contribution < 1.29 is 38.6 Å². The summed E-state index contributed by atoms with van der Waals surface area (Å²) in [5.41, 5.74) is 1.60. The number of benzene rings is 2. The largest absolute Gasteiger partial charge is 0.493 e. The number of aliphatic hydroxyl groups is 1. The summed E-state index contributed by atoms with van der Waals surface area (Å²) in [6, 6.07) is 13.2. The number of ether oxygens (including phenoxy) is 4. The number of aliphatic hydroxyl groups excluding tert-OH is 1. The van der Waals surface area contributed by atoms with Gasteiger partial charge in [0.15, 0.2) is 11.5 Å². The topological polar surface area (TPSA) is 153 Å². The summed E-state index contributed by atoms with van der Waals surface area (Å²) >= 11 is 0. The summed E-state index contributed by atoms with van der Waals surface area (Å²) in [5, 5.41) is 25.1. The molecule has 13 nitrogen and oxygen atoms in total. The fourth-order valence-electron chi connectivity index (χ4n) is 5.61. The number of β-amino-alcohol motifs (C(OH)–C–C–N with tert-alkyl or cyclic N) is 1. The minimum atomic E-state index is -0.909. The minimum absolute atomic E-state index is 0. The lowest BCUT2D eigenvalue weighted by Gasteiger charge is -2.35. The number of non-ortho nitro benzene ring substituents is 1. The van der Waals surface area contributed by atoms with Crippen molar-refractivity contribution in [3.63, 3.8) is 0 Å². The van der Waals surface area contributed by atoms with Crippen LogP contribution in [0.4, 0.5) is 5.69 Å². The van der Waals surface area contributed by atoms with E-state index >= 15 is 0 Å². The molecular formula is C32H41ClN4O9. The number of nitro groups is 1. The van der Waals surface area contributed by atoms with Crippen molar-refractivity contribution in [2.24, 2.45) is 0 Å². The molecule has 0 spiro atoms. The molecule has 0 aliphatic carbocycles. The number of para-hydroxylation sites is 2. The Hall–Kier alpha value is -4.17. The molecule has 0 amide bonds. The molecule has 2 aromatic rings. The van der Waals surface area contributed by atoms with Crippen LogP contribution in [0.5, 0.6) is 11.5 Å². The fourth-order valence-corrected chi connectivity index (χ4v) is 5.61. The normalized spacial score (nSPS) is 17.8. The number of hydrogen-bond donors (Lipinski definition) is 2. The molecule has 0 radical (unpaired) electrons. The highest BCUT2D eigenvalue weighted by molar-refractivity contribution is 5.99. The van der Waals surface area contributed by atoms with Crippen molar-refractivity contribution in [2.75, 3.05) is 66.7 Å². The lowest BCUT2D eigenvalue weighted by atomic mass is 9.80. The van der Waals surface area contributed by atoms with Gasteiger partial charge in [-0.15, -0.1) is 12.4 Å². The smallest absolute Gasteiger partial charge is 0.336 e. The molecule has 4 rings (SSSR count). The molecule has 14 heteroatoms. The van der Waals surface area contributed by atoms with Crippen LogP contribution in [0.3, 0.4) is 0 Å². The van der Waals surface area contributed by atoms with Crippen LogP contribution in [-0.4, -0.2) is 105 Å². The van der Waals surface area contributed by atoms with Crippen LogP contribution in [-0.2, 0) is 19.1 Å². The van der Waals surface area contributed by atoms with Gasteiger partial charge in [0.25, 0.3) is 5.69 Å². The van der Waals surface area contributed by atoms with Crippen LogP contribution in [0.2, 0.25) is 0 Å². The van der Waals surface area contributed by atoms with Gasteiger partial charge in [-0.3, -0.25) is 19.9 Å². The van der Waals surface area contributed by atoms with Crippen molar-refractivity contribution in [1.29, 1.82) is 0 Å². The Labute approximate surface area is 274 Å². The third-order valence-corrected chi connectivity index (χ3v) is 7.87. The van der Waals surface area contributed by atoms with E-state index in [2.05, 4.69) is 15.1 Å². The molecule has 1 fully saturated rings. The number of nitro benzene ring substituents is 1. The maximum atomic E-state index is 13.5. The highest BCUT2D eigenvalue weighted by Crippen LogP contribution is 2.40. The lowest BCUT2D eigenvalue weighted by molar-refractivity contribution is -0.384. The Morgan fingerprint density at radius 2 is 1.61 bits per heavy atom. The van der Waals surface area contributed by atoms with Gasteiger partial charge >= 0.3 is 11.9 Å². The number of hydrogen-bond acceptors (Lipinski definition) is 12. The molecule has 2 atom stereocenters. The molecule has 2 heterocycles. The Bertz CT molecular complexity index is 1460. The third kappa shape index (κ3) is 8.97. The number of allylic oxidation sites excluding steroid dienone is 2. The van der Waals surface area contributed by atoms with Gasteiger partial charge in [-0.2, -0.15) is 0 Å². The van der Waals surface area contributed by atoms with Crippen LogP contribution >= 0.6 is 12.4 Å². The molecule has 2 unspecified atom stereocenters. The van der Waals surface area contributed by atoms with E-state index < -0.39 is 28.9 Å². The number of nitrogens with one attached hydrogen (secondary N) is 1. The van der Waals surface area contributed by atoms with Gasteiger partial charge in [-0.05, 0) is 31.5 Å². The summed E-state index contributed by atoms with van der Waals surface area (Å²) in [5.74, 6) is -0.989. The first kappa shape index (κ1) is 36.3. The van der Waals surface area contributed by atoms with Gasteiger partial charge in [0.2, 0.25) is 0 Å². The Kier molecular flexibility index (Phi) is 13.4. The highest BCUT2D eigenvalue weighted by atomic mass is 35.5. The average Bonchev–Trinajstić information content (AvgIpc) is 3.04. The predicted molar refractivity (Wildman–Crippen MR) is 172 cm³/mol. The number of rotatable bonds is 13. The van der Waals surface area contributed by atoms with Crippen molar-refractivity contribution in [2.45, 2.75) is 25.9 Å². The van der Waals surface area contributed by atoms with Crippen LogP contribution in [0.1, 0.15) is 25.3 Å². The fraction of sp³-hybridized carbons (Fsp3) is 0.438. The molecule has 250 valence electrons. The van der Waals surface area contributed by atoms with Gasteiger partial charge in [0, 0.05) is 62.8 Å². The monoisotopic (exact) mass is 660 g/mol. The first-order valence-electron chi connectivity index (χ1n) is 14.7. The maximum absolute atomic E-state index is 13.5. The van der Waals surface area contributed by atoms with Gasteiger partial charge in [-0.25, -0.2) is 9.59 Å². The summed E-state index contributed by atoms with van der Waals surface area (Å²) < 4.78 is 21.7. The Morgan fingerprint density at radius 3 is 2.24 bits per heavy atom. The number of dihydropyridines is 1. The number of piperazine rings is 1. The quantitative estimate of drug-likeness (QED) is 0.184. The molecule has 0 aromatic heterocycles. The zero-order chi connectivity index (χ0) is 32.5. The number of halogens is 1. The second kappa shape index (κ2) is 16.9. The summed E-state index contributed by atoms with van der Waals surface area (Å²) in [6.45, 7) is 7.53. The number of nitrogens with zero attached hydrogens (tertiary/aromatic N) is 3. The van der Waals surface area contributed by atoms with Crippen LogP contribution in [0.15, 0.2) is 71.1 Å². The van der Waals surface area contributed by atoms with E-state index in [-0.39, 0.29) is 42.5 Å². The highest BCUT2D eigenvalue weighted by Gasteiger charge is 2.38. The van der Waals surface area contributed by atoms with Crippen LogP contribution in [0.25, 0.3) is 0 Å². The Balaban J connectivity index is 0.00000576. The molecule has 0 saturated carbocycles. The third-order valence-electron chi connectivity index (χ3n) is 7.87. The van der Waals surface area contributed by atoms with Crippen molar-refractivity contribution in [1.82, 2.24) is 15.1 Å². The van der Waals surface area contributed by atoms with E-state index in [9.17, 15) is 24.8 Å². The number of esters is 2. The van der Waals surface area contributed by atoms with Crippen LogP contribution in [0, 0.1) is 10.1 Å². The molecule has 1 saturated heterocycles. The molecule has 2 N–H and O–H groups in total. The van der Waals surface area contributed by atoms with Crippen molar-refractivity contribution >= 4 is 30.0 Å². The number of carbonyl (C=O) groups excluding carboxylic acids is 2. The number of methoxy groups -OCH3 is 2. The first-order valence-corrected chi connectivity index (χ1v) is 14.7. The summed E-state index contributed by atoms with van der Waals surface area (Å²) in [4.78, 5) is 41.6. The molecule has 2 aliphatic heterocycles. The van der Waals surface area contributed by atoms with E-state index in [1.54, 1.807) is 39.2 Å². The molecule has 0 bridgehead atoms. The standard InChI is InChI=1S/C32H40N4O9.ClH/c1-21-28(31(38)43-4)30(23-8-7-9-24(18-23)36(40)41)29(22(2)33-21)32(39)44-17-16-34-12-14-35(15-13-34)19-25(37)20-45-27-11-6-5-10-26(27)42-3;/h5-11,18,25,30,33,37H,12-17,19-20H2,1-4H3;1H. The zero-order valence-corrected chi connectivity index (χ0v) is 27.2. The summed E-state index contributed by atoms with van der Waals surface area (Å²) in [6.07, 6.45) is -0.672. The van der Waals surface area contributed by atoms with Gasteiger partial charge in [0.05, 0.1) is 36.2 Å². The molecular weight excluding hydrogens is 620 g/mol. The van der Waals surface area contributed by atoms with Gasteiger partial charge in [-0.1, -0.05) is 24.3 Å². The zero-order valence-electron chi connectivity index (χ0n) is 26.4.